The van der Waals surface area contributed by atoms with Crippen LogP contribution >= 0.6 is 24.8 Å². The van der Waals surface area contributed by atoms with Crippen LogP contribution in [-0.4, -0.2) is 42.4 Å². The van der Waals surface area contributed by atoms with E-state index in [1.165, 1.54) is 18.2 Å². The summed E-state index contributed by atoms with van der Waals surface area (Å²) >= 11 is 0. The average molecular weight is 472 g/mol. The van der Waals surface area contributed by atoms with Gasteiger partial charge in [-0.25, -0.2) is 4.39 Å². The number of nitrogens with one attached hydrogen (secondary N) is 1. The summed E-state index contributed by atoms with van der Waals surface area (Å²) in [5.41, 5.74) is 0.447. The van der Waals surface area contributed by atoms with Gasteiger partial charge >= 0.3 is 6.36 Å². The number of halogens is 6. The van der Waals surface area contributed by atoms with E-state index in [2.05, 4.69) is 10.1 Å². The van der Waals surface area contributed by atoms with Gasteiger partial charge in [-0.1, -0.05) is 12.1 Å². The lowest BCUT2D eigenvalue weighted by molar-refractivity contribution is -0.386. The van der Waals surface area contributed by atoms with Crippen molar-refractivity contribution in [2.75, 3.05) is 26.2 Å². The minimum absolute atomic E-state index is 0. The van der Waals surface area contributed by atoms with E-state index >= 15 is 0 Å². The Morgan fingerprint density at radius 2 is 1.67 bits per heavy atom. The minimum Gasteiger partial charge on any atom is -0.406 e. The van der Waals surface area contributed by atoms with Gasteiger partial charge < -0.3 is 10.1 Å². The maximum atomic E-state index is 13.6. The van der Waals surface area contributed by atoms with E-state index in [9.17, 15) is 27.7 Å². The molecule has 0 aromatic heterocycles. The predicted molar refractivity (Wildman–Crippen MR) is 107 cm³/mol. The molecule has 6 nitrogen and oxygen atoms in total. The van der Waals surface area contributed by atoms with E-state index in [0.717, 1.165) is 24.3 Å². The van der Waals surface area contributed by atoms with Gasteiger partial charge in [-0.3, -0.25) is 15.0 Å². The van der Waals surface area contributed by atoms with Crippen LogP contribution in [0.3, 0.4) is 0 Å². The average Bonchev–Trinajstić information content (AvgIpc) is 2.64. The second-order valence-electron chi connectivity index (χ2n) is 6.27. The molecular formula is C18H19Cl2F4N3O3. The van der Waals surface area contributed by atoms with Crippen LogP contribution in [0.25, 0.3) is 0 Å². The van der Waals surface area contributed by atoms with E-state index in [1.807, 2.05) is 4.90 Å². The Hall–Kier alpha value is -2.14. The molecule has 1 atom stereocenters. The highest BCUT2D eigenvalue weighted by atomic mass is 35.5. The van der Waals surface area contributed by atoms with Gasteiger partial charge in [0.15, 0.2) is 0 Å². The second kappa shape index (κ2) is 10.8. The van der Waals surface area contributed by atoms with Crippen molar-refractivity contribution in [2.45, 2.75) is 12.4 Å². The molecule has 2 aromatic rings. The molecule has 1 aliphatic rings. The first kappa shape index (κ1) is 25.9. The summed E-state index contributed by atoms with van der Waals surface area (Å²) in [4.78, 5) is 12.8. The normalized spacial score (nSPS) is 15.5. The maximum absolute atomic E-state index is 13.6. The Labute approximate surface area is 182 Å². The molecule has 0 spiro atoms. The molecule has 166 valence electrons. The van der Waals surface area contributed by atoms with Crippen molar-refractivity contribution in [3.63, 3.8) is 0 Å². The van der Waals surface area contributed by atoms with Crippen LogP contribution in [0.15, 0.2) is 42.5 Å². The number of nitro groups is 1. The lowest BCUT2D eigenvalue weighted by atomic mass is 9.95. The minimum atomic E-state index is -4.81. The Bertz CT molecular complexity index is 848. The first-order valence-electron chi connectivity index (χ1n) is 8.49. The van der Waals surface area contributed by atoms with Gasteiger partial charge in [-0.15, -0.1) is 38.0 Å². The van der Waals surface area contributed by atoms with Crippen molar-refractivity contribution in [1.29, 1.82) is 0 Å². The fourth-order valence-corrected chi connectivity index (χ4v) is 3.29. The van der Waals surface area contributed by atoms with Crippen LogP contribution in [0.4, 0.5) is 23.2 Å². The first-order chi connectivity index (χ1) is 13.2. The molecule has 1 fully saturated rings. The summed E-state index contributed by atoms with van der Waals surface area (Å²) < 4.78 is 54.6. The van der Waals surface area contributed by atoms with Crippen molar-refractivity contribution >= 4 is 30.5 Å². The number of nitrogens with zero attached hydrogens (tertiary/aromatic N) is 2. The van der Waals surface area contributed by atoms with Crippen molar-refractivity contribution in [3.8, 4) is 5.75 Å². The van der Waals surface area contributed by atoms with Gasteiger partial charge in [0.2, 0.25) is 0 Å². The molecule has 3 rings (SSSR count). The largest absolute Gasteiger partial charge is 0.573 e. The Balaban J connectivity index is 0.00000225. The quantitative estimate of drug-likeness (QED) is 0.395. The van der Waals surface area contributed by atoms with Crippen molar-refractivity contribution in [3.05, 3.63) is 69.5 Å². The number of hydrogen-bond acceptors (Lipinski definition) is 5. The topological polar surface area (TPSA) is 67.6 Å². The number of nitro benzene ring substituents is 1. The lowest BCUT2D eigenvalue weighted by Gasteiger charge is -2.35. The molecule has 0 unspecified atom stereocenters. The molecule has 1 heterocycles. The highest BCUT2D eigenvalue weighted by Gasteiger charge is 2.32. The fraction of sp³-hybridized carbons (Fsp3) is 0.333. The van der Waals surface area contributed by atoms with Gasteiger partial charge in [-0.05, 0) is 29.8 Å². The van der Waals surface area contributed by atoms with Gasteiger partial charge in [0.1, 0.15) is 11.6 Å². The van der Waals surface area contributed by atoms with E-state index in [-0.39, 0.29) is 41.8 Å². The number of hydrogen-bond donors (Lipinski definition) is 1. The molecule has 0 saturated carbocycles. The lowest BCUT2D eigenvalue weighted by Crippen LogP contribution is -2.45. The third-order valence-corrected chi connectivity index (χ3v) is 4.43. The Kier molecular flexibility index (Phi) is 9.29. The van der Waals surface area contributed by atoms with Gasteiger partial charge in [-0.2, -0.15) is 0 Å². The maximum Gasteiger partial charge on any atom is 0.573 e. The molecule has 1 N–H and O–H groups in total. The van der Waals surface area contributed by atoms with Gasteiger partial charge in [0.25, 0.3) is 5.69 Å². The Morgan fingerprint density at radius 3 is 2.20 bits per heavy atom. The fourth-order valence-electron chi connectivity index (χ4n) is 3.29. The molecule has 30 heavy (non-hydrogen) atoms. The second-order valence-corrected chi connectivity index (χ2v) is 6.27. The van der Waals surface area contributed by atoms with Crippen molar-refractivity contribution < 1.29 is 27.2 Å². The summed E-state index contributed by atoms with van der Waals surface area (Å²) in [5, 5.41) is 14.6. The third kappa shape index (κ3) is 6.43. The smallest absolute Gasteiger partial charge is 0.406 e. The highest BCUT2D eigenvalue weighted by molar-refractivity contribution is 5.85. The Morgan fingerprint density at radius 1 is 1.07 bits per heavy atom. The van der Waals surface area contributed by atoms with Crippen molar-refractivity contribution in [2.24, 2.45) is 0 Å². The number of piperazine rings is 1. The molecule has 0 radical (unpaired) electrons. The summed E-state index contributed by atoms with van der Waals surface area (Å²) in [7, 11) is 0. The summed E-state index contributed by atoms with van der Waals surface area (Å²) in [6, 6.07) is 7.91. The molecule has 2 aromatic carbocycles. The highest BCUT2D eigenvalue weighted by Crippen LogP contribution is 2.36. The molecule has 0 aliphatic carbocycles. The van der Waals surface area contributed by atoms with Gasteiger partial charge in [0, 0.05) is 26.2 Å². The summed E-state index contributed by atoms with van der Waals surface area (Å²) in [5.74, 6) is -1.12. The zero-order chi connectivity index (χ0) is 20.3. The monoisotopic (exact) mass is 471 g/mol. The zero-order valence-electron chi connectivity index (χ0n) is 15.4. The van der Waals surface area contributed by atoms with Crippen LogP contribution < -0.4 is 10.1 Å². The number of ether oxygens (including phenoxy) is 1. The third-order valence-electron chi connectivity index (χ3n) is 4.43. The van der Waals surface area contributed by atoms with Crippen LogP contribution in [-0.2, 0) is 0 Å². The molecule has 1 aliphatic heterocycles. The van der Waals surface area contributed by atoms with Crippen LogP contribution in [0.5, 0.6) is 5.75 Å². The van der Waals surface area contributed by atoms with E-state index in [4.69, 9.17) is 0 Å². The molecule has 12 heteroatoms. The van der Waals surface area contributed by atoms with Crippen molar-refractivity contribution in [1.82, 2.24) is 10.2 Å². The number of alkyl halides is 3. The molecule has 0 bridgehead atoms. The first-order valence-corrected chi connectivity index (χ1v) is 8.49. The standard InChI is InChI=1S/C18H17F4N3O3.2ClH/c19-13-3-6-15(16(11-13)25(26)27)17(24-9-7-23-8-10-24)12-1-4-14(5-2-12)28-18(20,21)22;;/h1-6,11,17,23H,7-10H2;2*1H/t17-;;/m1../s1. The van der Waals surface area contributed by atoms with Crippen LogP contribution in [0.1, 0.15) is 17.2 Å². The predicted octanol–water partition coefficient (Wildman–Crippen LogP) is 4.47. The molecule has 0 amide bonds. The molecular weight excluding hydrogens is 453 g/mol. The molecule has 1 saturated heterocycles. The van der Waals surface area contributed by atoms with Gasteiger partial charge in [0.05, 0.1) is 22.6 Å². The number of benzene rings is 2. The van der Waals surface area contributed by atoms with E-state index in [0.29, 0.717) is 31.7 Å². The van der Waals surface area contributed by atoms with Crippen LogP contribution in [0.2, 0.25) is 0 Å². The zero-order valence-corrected chi connectivity index (χ0v) is 17.0. The summed E-state index contributed by atoms with van der Waals surface area (Å²) in [6.45, 7) is 2.45. The van der Waals surface area contributed by atoms with E-state index in [1.54, 1.807) is 0 Å². The SMILES string of the molecule is Cl.Cl.O=[N+]([O-])c1cc(F)ccc1[C@@H](c1ccc(OC(F)(F)F)cc1)N1CCNCC1. The van der Waals surface area contributed by atoms with Crippen LogP contribution in [0, 0.1) is 15.9 Å². The van der Waals surface area contributed by atoms with E-state index < -0.39 is 23.1 Å². The number of rotatable bonds is 5. The summed E-state index contributed by atoms with van der Waals surface area (Å²) in [6.07, 6.45) is -4.81.